The molecule has 1 fully saturated rings. The molecule has 0 aromatic carbocycles. The lowest BCUT2D eigenvalue weighted by molar-refractivity contribution is 0.145. The molecular formula is C15H32N2. The number of nitrogens with one attached hydrogen (secondary N) is 1. The van der Waals surface area contributed by atoms with Gasteiger partial charge in [0.2, 0.25) is 0 Å². The molecule has 1 atom stereocenters. The van der Waals surface area contributed by atoms with Gasteiger partial charge in [-0.3, -0.25) is 0 Å². The van der Waals surface area contributed by atoms with Gasteiger partial charge in [-0.05, 0) is 64.1 Å². The van der Waals surface area contributed by atoms with Crippen molar-refractivity contribution in [2.75, 3.05) is 26.2 Å². The van der Waals surface area contributed by atoms with Gasteiger partial charge in [0, 0.05) is 12.6 Å². The molecule has 1 rings (SSSR count). The predicted octanol–water partition coefficient (Wildman–Crippen LogP) is 3.13. The fourth-order valence-electron chi connectivity index (χ4n) is 3.01. The summed E-state index contributed by atoms with van der Waals surface area (Å²) in [5, 5.41) is 3.46. The quantitative estimate of drug-likeness (QED) is 0.735. The highest BCUT2D eigenvalue weighted by molar-refractivity contribution is 4.76. The first-order chi connectivity index (χ1) is 8.13. The molecule has 2 heteroatoms. The maximum Gasteiger partial charge on any atom is 0.00694 e. The SMILES string of the molecule is CCCN(CC1CCNCC1)C(C)CC(C)C. The summed E-state index contributed by atoms with van der Waals surface area (Å²) in [4.78, 5) is 2.73. The molecule has 1 N–H and O–H groups in total. The third-order valence-corrected chi connectivity index (χ3v) is 3.90. The van der Waals surface area contributed by atoms with Gasteiger partial charge in [-0.1, -0.05) is 20.8 Å². The molecule has 0 aliphatic carbocycles. The van der Waals surface area contributed by atoms with E-state index in [4.69, 9.17) is 0 Å². The lowest BCUT2D eigenvalue weighted by Crippen LogP contribution is -2.41. The first-order valence-electron chi connectivity index (χ1n) is 7.58. The Morgan fingerprint density at radius 2 is 1.82 bits per heavy atom. The molecule has 0 aromatic rings. The minimum atomic E-state index is 0.754. The van der Waals surface area contributed by atoms with Crippen LogP contribution in [0.4, 0.5) is 0 Å². The summed E-state index contributed by atoms with van der Waals surface area (Å²) in [6.45, 7) is 14.4. The van der Waals surface area contributed by atoms with Gasteiger partial charge in [0.25, 0.3) is 0 Å². The standard InChI is InChI=1S/C15H32N2/c1-5-10-17(14(4)11-13(2)3)12-15-6-8-16-9-7-15/h13-16H,5-12H2,1-4H3. The van der Waals surface area contributed by atoms with E-state index in [-0.39, 0.29) is 0 Å². The van der Waals surface area contributed by atoms with Crippen LogP contribution in [0.3, 0.4) is 0 Å². The van der Waals surface area contributed by atoms with Crippen LogP contribution in [0, 0.1) is 11.8 Å². The molecule has 1 saturated heterocycles. The summed E-state index contributed by atoms with van der Waals surface area (Å²) in [7, 11) is 0. The topological polar surface area (TPSA) is 15.3 Å². The van der Waals surface area contributed by atoms with E-state index in [0.29, 0.717) is 0 Å². The molecule has 2 nitrogen and oxygen atoms in total. The zero-order chi connectivity index (χ0) is 12.7. The van der Waals surface area contributed by atoms with Gasteiger partial charge in [-0.2, -0.15) is 0 Å². The van der Waals surface area contributed by atoms with E-state index in [0.717, 1.165) is 17.9 Å². The minimum Gasteiger partial charge on any atom is -0.317 e. The maximum atomic E-state index is 3.46. The number of hydrogen-bond donors (Lipinski definition) is 1. The van der Waals surface area contributed by atoms with Crippen molar-refractivity contribution in [3.05, 3.63) is 0 Å². The Hall–Kier alpha value is -0.0800. The van der Waals surface area contributed by atoms with Crippen molar-refractivity contribution >= 4 is 0 Å². The molecule has 1 heterocycles. The van der Waals surface area contributed by atoms with E-state index in [1.165, 1.54) is 51.9 Å². The van der Waals surface area contributed by atoms with Crippen LogP contribution in [0.5, 0.6) is 0 Å². The lowest BCUT2D eigenvalue weighted by Gasteiger charge is -2.34. The number of rotatable bonds is 7. The average molecular weight is 240 g/mol. The van der Waals surface area contributed by atoms with Crippen LogP contribution < -0.4 is 5.32 Å². The highest BCUT2D eigenvalue weighted by atomic mass is 15.1. The third-order valence-electron chi connectivity index (χ3n) is 3.90. The minimum absolute atomic E-state index is 0.754. The van der Waals surface area contributed by atoms with Gasteiger partial charge < -0.3 is 10.2 Å². The summed E-state index contributed by atoms with van der Waals surface area (Å²) in [5.74, 6) is 1.75. The van der Waals surface area contributed by atoms with Crippen molar-refractivity contribution in [3.8, 4) is 0 Å². The van der Waals surface area contributed by atoms with E-state index in [1.807, 2.05) is 0 Å². The lowest BCUT2D eigenvalue weighted by atomic mass is 9.95. The zero-order valence-electron chi connectivity index (χ0n) is 12.3. The summed E-state index contributed by atoms with van der Waals surface area (Å²) in [6.07, 6.45) is 5.36. The summed E-state index contributed by atoms with van der Waals surface area (Å²) in [5.41, 5.74) is 0. The molecule has 0 bridgehead atoms. The molecule has 0 radical (unpaired) electrons. The first kappa shape index (κ1) is 15.0. The molecule has 0 saturated carbocycles. The summed E-state index contributed by atoms with van der Waals surface area (Å²) >= 11 is 0. The molecule has 102 valence electrons. The second-order valence-corrected chi connectivity index (χ2v) is 6.17. The highest BCUT2D eigenvalue weighted by Gasteiger charge is 2.20. The van der Waals surface area contributed by atoms with Crippen LogP contribution in [0.15, 0.2) is 0 Å². The van der Waals surface area contributed by atoms with E-state index < -0.39 is 0 Å². The molecule has 17 heavy (non-hydrogen) atoms. The Bertz CT molecular complexity index is 185. The number of hydrogen-bond acceptors (Lipinski definition) is 2. The zero-order valence-corrected chi connectivity index (χ0v) is 12.3. The van der Waals surface area contributed by atoms with Crippen LogP contribution in [-0.4, -0.2) is 37.1 Å². The predicted molar refractivity (Wildman–Crippen MR) is 76.4 cm³/mol. The summed E-state index contributed by atoms with van der Waals surface area (Å²) in [6, 6.07) is 0.754. The molecule has 0 aromatic heterocycles. The smallest absolute Gasteiger partial charge is 0.00694 e. The van der Waals surface area contributed by atoms with Crippen LogP contribution in [0.2, 0.25) is 0 Å². The molecule has 0 spiro atoms. The van der Waals surface area contributed by atoms with Crippen molar-refractivity contribution in [1.82, 2.24) is 10.2 Å². The van der Waals surface area contributed by atoms with E-state index >= 15 is 0 Å². The fourth-order valence-corrected chi connectivity index (χ4v) is 3.01. The van der Waals surface area contributed by atoms with Crippen LogP contribution in [-0.2, 0) is 0 Å². The van der Waals surface area contributed by atoms with Crippen molar-refractivity contribution in [1.29, 1.82) is 0 Å². The van der Waals surface area contributed by atoms with Gasteiger partial charge in [-0.15, -0.1) is 0 Å². The second-order valence-electron chi connectivity index (χ2n) is 6.17. The largest absolute Gasteiger partial charge is 0.317 e. The Morgan fingerprint density at radius 3 is 2.35 bits per heavy atom. The highest BCUT2D eigenvalue weighted by Crippen LogP contribution is 2.18. The van der Waals surface area contributed by atoms with Crippen molar-refractivity contribution < 1.29 is 0 Å². The van der Waals surface area contributed by atoms with Gasteiger partial charge >= 0.3 is 0 Å². The van der Waals surface area contributed by atoms with Crippen LogP contribution >= 0.6 is 0 Å². The molecule has 1 unspecified atom stereocenters. The Balaban J connectivity index is 2.40. The van der Waals surface area contributed by atoms with Gasteiger partial charge in [0.05, 0.1) is 0 Å². The van der Waals surface area contributed by atoms with Crippen LogP contribution in [0.25, 0.3) is 0 Å². The maximum absolute atomic E-state index is 3.46. The Kier molecular flexibility index (Phi) is 7.14. The van der Waals surface area contributed by atoms with Crippen molar-refractivity contribution in [3.63, 3.8) is 0 Å². The monoisotopic (exact) mass is 240 g/mol. The Labute approximate surface area is 108 Å². The van der Waals surface area contributed by atoms with Crippen molar-refractivity contribution in [2.45, 2.75) is 59.4 Å². The third kappa shape index (κ3) is 5.87. The Morgan fingerprint density at radius 1 is 1.18 bits per heavy atom. The normalized spacial score (nSPS) is 20.1. The average Bonchev–Trinajstić information content (AvgIpc) is 2.29. The van der Waals surface area contributed by atoms with Gasteiger partial charge in [0.1, 0.15) is 0 Å². The van der Waals surface area contributed by atoms with Gasteiger partial charge in [-0.25, -0.2) is 0 Å². The van der Waals surface area contributed by atoms with E-state index in [2.05, 4.69) is 37.9 Å². The molecule has 0 amide bonds. The second kappa shape index (κ2) is 8.10. The van der Waals surface area contributed by atoms with Crippen molar-refractivity contribution in [2.24, 2.45) is 11.8 Å². The summed E-state index contributed by atoms with van der Waals surface area (Å²) < 4.78 is 0. The first-order valence-corrected chi connectivity index (χ1v) is 7.58. The number of piperidine rings is 1. The molecule has 1 aliphatic heterocycles. The van der Waals surface area contributed by atoms with Crippen LogP contribution in [0.1, 0.15) is 53.4 Å². The van der Waals surface area contributed by atoms with E-state index in [9.17, 15) is 0 Å². The number of nitrogens with zero attached hydrogens (tertiary/aromatic N) is 1. The van der Waals surface area contributed by atoms with Gasteiger partial charge in [0.15, 0.2) is 0 Å². The van der Waals surface area contributed by atoms with E-state index in [1.54, 1.807) is 0 Å². The fraction of sp³-hybridized carbons (Fsp3) is 1.00. The molecular weight excluding hydrogens is 208 g/mol. The molecule has 1 aliphatic rings.